The number of furan rings is 1. The number of hydrogen-bond acceptors (Lipinski definition) is 2. The van der Waals surface area contributed by atoms with Crippen molar-refractivity contribution < 1.29 is 4.42 Å². The summed E-state index contributed by atoms with van der Waals surface area (Å²) >= 11 is 0. The highest BCUT2D eigenvalue weighted by Crippen LogP contribution is 2.44. The van der Waals surface area contributed by atoms with Gasteiger partial charge in [0.25, 0.3) is 0 Å². The molecule has 0 aliphatic carbocycles. The van der Waals surface area contributed by atoms with Crippen LogP contribution in [-0.2, 0) is 0 Å². The molecule has 1 aromatic heterocycles. The van der Waals surface area contributed by atoms with Gasteiger partial charge in [-0.05, 0) is 104 Å². The second kappa shape index (κ2) is 13.4. The Kier molecular flexibility index (Phi) is 7.85. The van der Waals surface area contributed by atoms with Crippen molar-refractivity contribution in [1.82, 2.24) is 0 Å². The molecule has 0 fully saturated rings. The third-order valence-corrected chi connectivity index (χ3v) is 10.5. The molecule has 0 atom stereocenters. The monoisotopic (exact) mass is 689 g/mol. The summed E-state index contributed by atoms with van der Waals surface area (Å²) in [5, 5.41) is 4.70. The van der Waals surface area contributed by atoms with Gasteiger partial charge in [-0.2, -0.15) is 0 Å². The summed E-state index contributed by atoms with van der Waals surface area (Å²) in [5.41, 5.74) is 14.5. The maximum atomic E-state index is 6.27. The van der Waals surface area contributed by atoms with Gasteiger partial charge in [-0.1, -0.05) is 158 Å². The van der Waals surface area contributed by atoms with Crippen LogP contribution in [0.2, 0.25) is 0 Å². The van der Waals surface area contributed by atoms with Gasteiger partial charge in [-0.15, -0.1) is 0 Å². The van der Waals surface area contributed by atoms with Crippen LogP contribution in [0.1, 0.15) is 0 Å². The van der Waals surface area contributed by atoms with Crippen LogP contribution >= 0.6 is 0 Å². The molecule has 0 aliphatic heterocycles. The Balaban J connectivity index is 1.12. The first-order valence-electron chi connectivity index (χ1n) is 18.4. The lowest BCUT2D eigenvalue weighted by Gasteiger charge is -2.28. The zero-order valence-electron chi connectivity index (χ0n) is 29.6. The summed E-state index contributed by atoms with van der Waals surface area (Å²) in [6.07, 6.45) is 0. The zero-order chi connectivity index (χ0) is 35.8. The van der Waals surface area contributed by atoms with Gasteiger partial charge >= 0.3 is 0 Å². The van der Waals surface area contributed by atoms with Gasteiger partial charge in [0.15, 0.2) is 0 Å². The van der Waals surface area contributed by atoms with Crippen molar-refractivity contribution in [2.24, 2.45) is 0 Å². The Morgan fingerprint density at radius 2 is 0.833 bits per heavy atom. The quantitative estimate of drug-likeness (QED) is 0.166. The molecule has 2 heteroatoms. The molecule has 10 aromatic rings. The largest absolute Gasteiger partial charge is 0.456 e. The maximum Gasteiger partial charge on any atom is 0.135 e. The van der Waals surface area contributed by atoms with Crippen LogP contribution in [-0.4, -0.2) is 0 Å². The van der Waals surface area contributed by atoms with Gasteiger partial charge in [-0.25, -0.2) is 0 Å². The van der Waals surface area contributed by atoms with E-state index in [9.17, 15) is 0 Å². The Bertz CT molecular complexity index is 2930. The number of anilines is 3. The lowest BCUT2D eigenvalue weighted by Crippen LogP contribution is -2.11. The second-order valence-electron chi connectivity index (χ2n) is 13.7. The van der Waals surface area contributed by atoms with Crippen molar-refractivity contribution in [2.75, 3.05) is 4.90 Å². The molecule has 0 N–H and O–H groups in total. The molecule has 0 amide bonds. The normalized spacial score (nSPS) is 11.3. The van der Waals surface area contributed by atoms with E-state index in [0.29, 0.717) is 0 Å². The minimum Gasteiger partial charge on any atom is -0.456 e. The second-order valence-corrected chi connectivity index (χ2v) is 13.7. The standard InChI is InChI=1S/C52H35NO/c1-2-13-36(14-3-1)39-17-10-18-40(33-39)37-27-29-43(30-28-37)53(44-31-32-52-49(35-44)48-23-7-9-26-51(48)54-52)50-25-8-6-22-47(50)42-20-11-19-41(34-42)46-24-12-16-38-15-4-5-21-45(38)46/h1-35H. The highest BCUT2D eigenvalue weighted by Gasteiger charge is 2.19. The van der Waals surface area contributed by atoms with Crippen molar-refractivity contribution >= 4 is 49.8 Å². The predicted molar refractivity (Wildman–Crippen MR) is 228 cm³/mol. The first kappa shape index (κ1) is 31.6. The smallest absolute Gasteiger partial charge is 0.135 e. The molecule has 0 radical (unpaired) electrons. The molecule has 54 heavy (non-hydrogen) atoms. The summed E-state index contributed by atoms with van der Waals surface area (Å²) in [7, 11) is 0. The van der Waals surface area contributed by atoms with E-state index < -0.39 is 0 Å². The molecule has 1 heterocycles. The molecular weight excluding hydrogens is 655 g/mol. The minimum atomic E-state index is 0.879. The summed E-state index contributed by atoms with van der Waals surface area (Å²) in [5.74, 6) is 0. The lowest BCUT2D eigenvalue weighted by atomic mass is 9.94. The van der Waals surface area contributed by atoms with E-state index in [1.165, 1.54) is 44.2 Å². The summed E-state index contributed by atoms with van der Waals surface area (Å²) in [6, 6.07) is 76.0. The highest BCUT2D eigenvalue weighted by atomic mass is 16.3. The zero-order valence-corrected chi connectivity index (χ0v) is 29.6. The van der Waals surface area contributed by atoms with Crippen LogP contribution < -0.4 is 4.90 Å². The molecule has 0 saturated carbocycles. The molecule has 0 saturated heterocycles. The van der Waals surface area contributed by atoms with Crippen molar-refractivity contribution in [3.8, 4) is 44.5 Å². The van der Waals surface area contributed by atoms with Crippen LogP contribution in [0.4, 0.5) is 17.1 Å². The van der Waals surface area contributed by atoms with Crippen molar-refractivity contribution in [1.29, 1.82) is 0 Å². The van der Waals surface area contributed by atoms with E-state index in [-0.39, 0.29) is 0 Å². The Labute approximate surface area is 314 Å². The fraction of sp³-hybridized carbons (Fsp3) is 0. The first-order valence-corrected chi connectivity index (χ1v) is 18.4. The van der Waals surface area contributed by atoms with Crippen molar-refractivity contribution in [3.05, 3.63) is 212 Å². The molecular formula is C52H35NO. The number of nitrogens with zero attached hydrogens (tertiary/aromatic N) is 1. The van der Waals surface area contributed by atoms with E-state index in [1.54, 1.807) is 0 Å². The van der Waals surface area contributed by atoms with Gasteiger partial charge in [0.2, 0.25) is 0 Å². The molecule has 254 valence electrons. The van der Waals surface area contributed by atoms with Crippen LogP contribution in [0.5, 0.6) is 0 Å². The van der Waals surface area contributed by atoms with Crippen LogP contribution in [0, 0.1) is 0 Å². The Hall–Kier alpha value is -7.16. The van der Waals surface area contributed by atoms with Gasteiger partial charge in [0, 0.05) is 27.7 Å². The van der Waals surface area contributed by atoms with Crippen LogP contribution in [0.25, 0.3) is 77.2 Å². The topological polar surface area (TPSA) is 16.4 Å². The maximum absolute atomic E-state index is 6.27. The van der Waals surface area contributed by atoms with Crippen LogP contribution in [0.3, 0.4) is 0 Å². The van der Waals surface area contributed by atoms with Gasteiger partial charge < -0.3 is 9.32 Å². The molecule has 0 unspecified atom stereocenters. The van der Waals surface area contributed by atoms with Crippen LogP contribution in [0.15, 0.2) is 217 Å². The summed E-state index contributed by atoms with van der Waals surface area (Å²) < 4.78 is 6.27. The fourth-order valence-electron chi connectivity index (χ4n) is 7.84. The number of fused-ring (bicyclic) bond motifs is 4. The van der Waals surface area contributed by atoms with Crippen molar-refractivity contribution in [3.63, 3.8) is 0 Å². The van der Waals surface area contributed by atoms with E-state index in [2.05, 4.69) is 205 Å². The molecule has 9 aromatic carbocycles. The number of para-hydroxylation sites is 2. The third kappa shape index (κ3) is 5.71. The van der Waals surface area contributed by atoms with E-state index >= 15 is 0 Å². The molecule has 0 spiro atoms. The van der Waals surface area contributed by atoms with E-state index in [0.717, 1.165) is 50.1 Å². The first-order chi connectivity index (χ1) is 26.8. The fourth-order valence-corrected chi connectivity index (χ4v) is 7.84. The third-order valence-electron chi connectivity index (χ3n) is 10.5. The molecule has 2 nitrogen and oxygen atoms in total. The Morgan fingerprint density at radius 3 is 1.67 bits per heavy atom. The lowest BCUT2D eigenvalue weighted by molar-refractivity contribution is 0.669. The van der Waals surface area contributed by atoms with Gasteiger partial charge in [0.1, 0.15) is 11.2 Å². The summed E-state index contributed by atoms with van der Waals surface area (Å²) in [4.78, 5) is 2.38. The number of benzene rings is 9. The SMILES string of the molecule is c1ccc(-c2cccc(-c3ccc(N(c4ccc5oc6ccccc6c5c4)c4ccccc4-c4cccc(-c5cccc6ccccc56)c4)cc3)c2)cc1. The molecule has 10 rings (SSSR count). The average Bonchev–Trinajstić information content (AvgIpc) is 3.62. The minimum absolute atomic E-state index is 0.879. The summed E-state index contributed by atoms with van der Waals surface area (Å²) in [6.45, 7) is 0. The average molecular weight is 690 g/mol. The Morgan fingerprint density at radius 1 is 0.296 bits per heavy atom. The van der Waals surface area contributed by atoms with Crippen molar-refractivity contribution in [2.45, 2.75) is 0 Å². The predicted octanol–water partition coefficient (Wildman–Crippen LogP) is 14.9. The van der Waals surface area contributed by atoms with E-state index in [4.69, 9.17) is 4.42 Å². The van der Waals surface area contributed by atoms with E-state index in [1.807, 2.05) is 12.1 Å². The number of rotatable bonds is 7. The molecule has 0 aliphatic rings. The van der Waals surface area contributed by atoms with Gasteiger partial charge in [-0.3, -0.25) is 0 Å². The molecule has 0 bridgehead atoms. The highest BCUT2D eigenvalue weighted by molar-refractivity contribution is 6.07. The van der Waals surface area contributed by atoms with Gasteiger partial charge in [0.05, 0.1) is 5.69 Å². The number of hydrogen-bond donors (Lipinski definition) is 0.